The number of carbonyl (C=O) groups is 1. The molecule has 4 heteroatoms. The van der Waals surface area contributed by atoms with Gasteiger partial charge in [-0.15, -0.1) is 6.42 Å². The molecule has 17 heavy (non-hydrogen) atoms. The lowest BCUT2D eigenvalue weighted by atomic mass is 10.2. The van der Waals surface area contributed by atoms with Gasteiger partial charge in [-0.1, -0.05) is 34.0 Å². The number of hydrogen-bond donors (Lipinski definition) is 2. The molecule has 90 valence electrons. The summed E-state index contributed by atoms with van der Waals surface area (Å²) in [6, 6.07) is 7.68. The molecule has 1 atom stereocenters. The summed E-state index contributed by atoms with van der Waals surface area (Å²) in [5, 5.41) is 5.77. The molecule has 0 heterocycles. The van der Waals surface area contributed by atoms with Crippen molar-refractivity contribution in [3.63, 3.8) is 0 Å². The standard InChI is InChI=1S/C13H15BrN2O/c1-3-7-15-13(17)10(2)16-9-11-5-4-6-12(14)8-11/h1,4-6,8,10,16H,7,9H2,2H3,(H,15,17). The average Bonchev–Trinajstić information content (AvgIpc) is 2.33. The largest absolute Gasteiger partial charge is 0.344 e. The molecule has 0 aliphatic carbocycles. The molecule has 0 saturated carbocycles. The lowest BCUT2D eigenvalue weighted by Crippen LogP contribution is -2.41. The molecule has 0 fully saturated rings. The van der Waals surface area contributed by atoms with Crippen LogP contribution in [0.3, 0.4) is 0 Å². The molecule has 1 aromatic carbocycles. The summed E-state index contributed by atoms with van der Waals surface area (Å²) in [6.45, 7) is 2.72. The van der Waals surface area contributed by atoms with Crippen molar-refractivity contribution in [2.45, 2.75) is 19.5 Å². The summed E-state index contributed by atoms with van der Waals surface area (Å²) in [6.07, 6.45) is 5.07. The fraction of sp³-hybridized carbons (Fsp3) is 0.308. The third-order valence-corrected chi connectivity index (χ3v) is 2.75. The van der Waals surface area contributed by atoms with Crippen LogP contribution in [-0.2, 0) is 11.3 Å². The Labute approximate surface area is 110 Å². The highest BCUT2D eigenvalue weighted by Crippen LogP contribution is 2.11. The molecule has 1 amide bonds. The number of hydrogen-bond acceptors (Lipinski definition) is 2. The van der Waals surface area contributed by atoms with Crippen molar-refractivity contribution in [2.24, 2.45) is 0 Å². The number of nitrogens with one attached hydrogen (secondary N) is 2. The van der Waals surface area contributed by atoms with E-state index >= 15 is 0 Å². The van der Waals surface area contributed by atoms with E-state index in [1.807, 2.05) is 31.2 Å². The Kier molecular flexibility index (Phi) is 5.75. The fourth-order valence-electron chi connectivity index (χ4n) is 1.30. The lowest BCUT2D eigenvalue weighted by molar-refractivity contribution is -0.122. The van der Waals surface area contributed by atoms with Crippen molar-refractivity contribution >= 4 is 21.8 Å². The van der Waals surface area contributed by atoms with Crippen LogP contribution in [0.1, 0.15) is 12.5 Å². The molecule has 0 saturated heterocycles. The van der Waals surface area contributed by atoms with Crippen LogP contribution in [0.15, 0.2) is 28.7 Å². The Morgan fingerprint density at radius 2 is 2.35 bits per heavy atom. The summed E-state index contributed by atoms with van der Waals surface area (Å²) < 4.78 is 1.03. The Morgan fingerprint density at radius 3 is 3.00 bits per heavy atom. The summed E-state index contributed by atoms with van der Waals surface area (Å²) in [7, 11) is 0. The zero-order valence-corrected chi connectivity index (χ0v) is 11.3. The van der Waals surface area contributed by atoms with Gasteiger partial charge in [0.25, 0.3) is 0 Å². The van der Waals surface area contributed by atoms with E-state index < -0.39 is 0 Å². The highest BCUT2D eigenvalue weighted by atomic mass is 79.9. The van der Waals surface area contributed by atoms with Gasteiger partial charge in [0.2, 0.25) is 5.91 Å². The van der Waals surface area contributed by atoms with Crippen LogP contribution in [0.2, 0.25) is 0 Å². The highest BCUT2D eigenvalue weighted by Gasteiger charge is 2.10. The first-order chi connectivity index (χ1) is 8.13. The molecule has 0 bridgehead atoms. The molecule has 0 radical (unpaired) electrons. The number of terminal acetylenes is 1. The molecule has 0 aliphatic rings. The quantitative estimate of drug-likeness (QED) is 0.812. The number of benzene rings is 1. The van der Waals surface area contributed by atoms with Gasteiger partial charge in [0.1, 0.15) is 0 Å². The predicted octanol–water partition coefficient (Wildman–Crippen LogP) is 1.68. The maximum Gasteiger partial charge on any atom is 0.237 e. The highest BCUT2D eigenvalue weighted by molar-refractivity contribution is 9.10. The van der Waals surface area contributed by atoms with Gasteiger partial charge in [0, 0.05) is 11.0 Å². The van der Waals surface area contributed by atoms with Crippen LogP contribution in [-0.4, -0.2) is 18.5 Å². The lowest BCUT2D eigenvalue weighted by Gasteiger charge is -2.13. The van der Waals surface area contributed by atoms with Gasteiger partial charge in [-0.3, -0.25) is 4.79 Å². The first-order valence-electron chi connectivity index (χ1n) is 5.32. The number of rotatable bonds is 5. The van der Waals surface area contributed by atoms with Gasteiger partial charge in [0.15, 0.2) is 0 Å². The third-order valence-electron chi connectivity index (χ3n) is 2.26. The molecular formula is C13H15BrN2O. The van der Waals surface area contributed by atoms with E-state index in [1.165, 1.54) is 0 Å². The molecule has 0 aliphatic heterocycles. The summed E-state index contributed by atoms with van der Waals surface area (Å²) >= 11 is 3.40. The van der Waals surface area contributed by atoms with Gasteiger partial charge in [0.05, 0.1) is 12.6 Å². The molecular weight excluding hydrogens is 280 g/mol. The van der Waals surface area contributed by atoms with E-state index in [0.29, 0.717) is 6.54 Å². The SMILES string of the molecule is C#CCNC(=O)C(C)NCc1cccc(Br)c1. The van der Waals surface area contributed by atoms with E-state index in [2.05, 4.69) is 32.5 Å². The van der Waals surface area contributed by atoms with Crippen LogP contribution in [0.4, 0.5) is 0 Å². The number of halogens is 1. The zero-order chi connectivity index (χ0) is 12.7. The minimum absolute atomic E-state index is 0.0852. The van der Waals surface area contributed by atoms with Crippen LogP contribution in [0, 0.1) is 12.3 Å². The Morgan fingerprint density at radius 1 is 1.59 bits per heavy atom. The fourth-order valence-corrected chi connectivity index (χ4v) is 1.75. The second kappa shape index (κ2) is 7.10. The Bertz CT molecular complexity index is 426. The van der Waals surface area contributed by atoms with Gasteiger partial charge >= 0.3 is 0 Å². The first-order valence-corrected chi connectivity index (χ1v) is 6.12. The first kappa shape index (κ1) is 13.8. The van der Waals surface area contributed by atoms with E-state index in [1.54, 1.807) is 0 Å². The predicted molar refractivity (Wildman–Crippen MR) is 72.3 cm³/mol. The minimum Gasteiger partial charge on any atom is -0.344 e. The molecule has 1 aromatic rings. The maximum atomic E-state index is 11.5. The topological polar surface area (TPSA) is 41.1 Å². The van der Waals surface area contributed by atoms with Crippen LogP contribution < -0.4 is 10.6 Å². The maximum absolute atomic E-state index is 11.5. The van der Waals surface area contributed by atoms with Crippen molar-refractivity contribution in [3.05, 3.63) is 34.3 Å². The number of amides is 1. The van der Waals surface area contributed by atoms with Gasteiger partial charge in [-0.25, -0.2) is 0 Å². The van der Waals surface area contributed by atoms with Crippen molar-refractivity contribution in [2.75, 3.05) is 6.54 Å². The Balaban J connectivity index is 2.40. The van der Waals surface area contributed by atoms with Crippen LogP contribution in [0.25, 0.3) is 0 Å². The van der Waals surface area contributed by atoms with E-state index in [4.69, 9.17) is 6.42 Å². The van der Waals surface area contributed by atoms with Crippen molar-refractivity contribution < 1.29 is 4.79 Å². The van der Waals surface area contributed by atoms with Gasteiger partial charge in [-0.05, 0) is 24.6 Å². The van der Waals surface area contributed by atoms with Gasteiger partial charge in [-0.2, -0.15) is 0 Å². The normalized spacial score (nSPS) is 11.6. The third kappa shape index (κ3) is 5.03. The summed E-state index contributed by atoms with van der Waals surface area (Å²) in [5.41, 5.74) is 1.12. The second-order valence-electron chi connectivity index (χ2n) is 3.65. The average molecular weight is 295 g/mol. The summed E-state index contributed by atoms with van der Waals surface area (Å²) in [4.78, 5) is 11.5. The van der Waals surface area contributed by atoms with E-state index in [9.17, 15) is 4.79 Å². The monoisotopic (exact) mass is 294 g/mol. The zero-order valence-electron chi connectivity index (χ0n) is 9.66. The molecule has 3 nitrogen and oxygen atoms in total. The second-order valence-corrected chi connectivity index (χ2v) is 4.57. The molecule has 1 rings (SSSR count). The minimum atomic E-state index is -0.262. The van der Waals surface area contributed by atoms with Crippen molar-refractivity contribution in [1.29, 1.82) is 0 Å². The van der Waals surface area contributed by atoms with Crippen molar-refractivity contribution in [1.82, 2.24) is 10.6 Å². The van der Waals surface area contributed by atoms with E-state index in [0.717, 1.165) is 10.0 Å². The van der Waals surface area contributed by atoms with Crippen molar-refractivity contribution in [3.8, 4) is 12.3 Å². The van der Waals surface area contributed by atoms with Crippen LogP contribution >= 0.6 is 15.9 Å². The molecule has 2 N–H and O–H groups in total. The number of carbonyl (C=O) groups excluding carboxylic acids is 1. The molecule has 1 unspecified atom stereocenters. The van der Waals surface area contributed by atoms with Gasteiger partial charge < -0.3 is 10.6 Å². The Hall–Kier alpha value is -1.31. The van der Waals surface area contributed by atoms with E-state index in [-0.39, 0.29) is 18.5 Å². The molecule has 0 spiro atoms. The summed E-state index contributed by atoms with van der Waals surface area (Å²) in [5.74, 6) is 2.28. The van der Waals surface area contributed by atoms with Crippen LogP contribution in [0.5, 0.6) is 0 Å². The molecule has 0 aromatic heterocycles. The smallest absolute Gasteiger partial charge is 0.237 e.